The summed E-state index contributed by atoms with van der Waals surface area (Å²) in [4.78, 5) is 7.61. The van der Waals surface area contributed by atoms with E-state index in [-0.39, 0.29) is 5.82 Å². The summed E-state index contributed by atoms with van der Waals surface area (Å²) in [5.41, 5.74) is 1.55. The number of nitrogens with one attached hydrogen (secondary N) is 2. The molecule has 0 amide bonds. The lowest BCUT2D eigenvalue weighted by Crippen LogP contribution is -2.35. The average molecular weight is 293 g/mol. The van der Waals surface area contributed by atoms with E-state index < -0.39 is 0 Å². The number of nitrogens with zero attached hydrogens (tertiary/aromatic N) is 1. The van der Waals surface area contributed by atoms with Crippen LogP contribution in [0.1, 0.15) is 32.1 Å². The highest BCUT2D eigenvalue weighted by atomic mass is 32.2. The molecule has 0 bridgehead atoms. The van der Waals surface area contributed by atoms with E-state index >= 15 is 0 Å². The molecule has 3 rings (SSSR count). The Morgan fingerprint density at radius 2 is 2.15 bits per heavy atom. The lowest BCUT2D eigenvalue weighted by atomic mass is 9.88. The van der Waals surface area contributed by atoms with Crippen LogP contribution in [0.3, 0.4) is 0 Å². The lowest BCUT2D eigenvalue weighted by Gasteiger charge is -2.35. The quantitative estimate of drug-likeness (QED) is 0.888. The monoisotopic (exact) mass is 293 g/mol. The summed E-state index contributed by atoms with van der Waals surface area (Å²) in [7, 11) is 0. The normalized spacial score (nSPS) is 18.3. The van der Waals surface area contributed by atoms with Gasteiger partial charge in [-0.05, 0) is 37.3 Å². The first kappa shape index (κ1) is 13.7. The zero-order valence-corrected chi connectivity index (χ0v) is 12.5. The number of fused-ring (bicyclic) bond motifs is 1. The fraction of sp³-hybridized carbons (Fsp3) is 0.533. The SMILES string of the molecule is CSC1(CNc2nc3ccc(F)cc3[nH]2)CCCCC1. The Morgan fingerprint density at radius 1 is 1.35 bits per heavy atom. The van der Waals surface area contributed by atoms with Crippen LogP contribution in [0.5, 0.6) is 0 Å². The fourth-order valence-corrected chi connectivity index (χ4v) is 3.87. The summed E-state index contributed by atoms with van der Waals surface area (Å²) in [6.07, 6.45) is 8.70. The van der Waals surface area contributed by atoms with Crippen molar-refractivity contribution in [3.63, 3.8) is 0 Å². The summed E-state index contributed by atoms with van der Waals surface area (Å²) in [6, 6.07) is 4.63. The van der Waals surface area contributed by atoms with Gasteiger partial charge in [0, 0.05) is 11.3 Å². The topological polar surface area (TPSA) is 40.7 Å². The third-order valence-electron chi connectivity index (χ3n) is 4.22. The van der Waals surface area contributed by atoms with Crippen LogP contribution in [0.4, 0.5) is 10.3 Å². The van der Waals surface area contributed by atoms with E-state index in [0.29, 0.717) is 4.75 Å². The van der Waals surface area contributed by atoms with E-state index in [0.717, 1.165) is 23.5 Å². The maximum atomic E-state index is 13.2. The molecule has 0 aliphatic heterocycles. The van der Waals surface area contributed by atoms with Crippen LogP contribution in [0, 0.1) is 5.82 Å². The van der Waals surface area contributed by atoms with Gasteiger partial charge in [-0.2, -0.15) is 11.8 Å². The number of aromatic amines is 1. The second kappa shape index (κ2) is 5.64. The van der Waals surface area contributed by atoms with Gasteiger partial charge in [-0.3, -0.25) is 0 Å². The molecule has 1 fully saturated rings. The number of hydrogen-bond acceptors (Lipinski definition) is 3. The van der Waals surface area contributed by atoms with E-state index in [4.69, 9.17) is 0 Å². The molecular formula is C15H20FN3S. The maximum Gasteiger partial charge on any atom is 0.201 e. The van der Waals surface area contributed by atoms with Gasteiger partial charge >= 0.3 is 0 Å². The van der Waals surface area contributed by atoms with Crippen LogP contribution in [0.2, 0.25) is 0 Å². The van der Waals surface area contributed by atoms with Crippen molar-refractivity contribution in [2.45, 2.75) is 36.9 Å². The summed E-state index contributed by atoms with van der Waals surface area (Å²) in [6.45, 7) is 0.913. The van der Waals surface area contributed by atoms with Crippen molar-refractivity contribution < 1.29 is 4.39 Å². The van der Waals surface area contributed by atoms with Gasteiger partial charge in [-0.15, -0.1) is 0 Å². The zero-order chi connectivity index (χ0) is 14.0. The Hall–Kier alpha value is -1.23. The van der Waals surface area contributed by atoms with Crippen molar-refractivity contribution in [3.8, 4) is 0 Å². The highest BCUT2D eigenvalue weighted by Gasteiger charge is 2.31. The molecule has 1 aromatic heterocycles. The number of hydrogen-bond donors (Lipinski definition) is 2. The Kier molecular flexibility index (Phi) is 3.87. The van der Waals surface area contributed by atoms with Gasteiger partial charge in [-0.25, -0.2) is 9.37 Å². The fourth-order valence-electron chi connectivity index (χ4n) is 2.96. The van der Waals surface area contributed by atoms with E-state index in [1.807, 2.05) is 11.8 Å². The molecule has 3 nitrogen and oxygen atoms in total. The van der Waals surface area contributed by atoms with Gasteiger partial charge in [0.1, 0.15) is 5.82 Å². The van der Waals surface area contributed by atoms with E-state index in [1.165, 1.54) is 44.2 Å². The van der Waals surface area contributed by atoms with Crippen LogP contribution in [-0.4, -0.2) is 27.5 Å². The molecule has 0 saturated heterocycles. The molecule has 2 aromatic rings. The first-order valence-electron chi connectivity index (χ1n) is 7.15. The second-order valence-electron chi connectivity index (χ2n) is 5.55. The number of anilines is 1. The lowest BCUT2D eigenvalue weighted by molar-refractivity contribution is 0.411. The van der Waals surface area contributed by atoms with Crippen LogP contribution in [0.25, 0.3) is 11.0 Å². The summed E-state index contributed by atoms with van der Waals surface area (Å²) < 4.78 is 13.5. The van der Waals surface area contributed by atoms with E-state index in [2.05, 4.69) is 21.5 Å². The number of aromatic nitrogens is 2. The average Bonchev–Trinajstić information content (AvgIpc) is 2.88. The Labute approximate surface area is 122 Å². The minimum absolute atomic E-state index is 0.236. The summed E-state index contributed by atoms with van der Waals surface area (Å²) in [5, 5.41) is 3.41. The number of rotatable bonds is 4. The third kappa shape index (κ3) is 2.77. The van der Waals surface area contributed by atoms with E-state index in [9.17, 15) is 4.39 Å². The first-order chi connectivity index (χ1) is 9.71. The van der Waals surface area contributed by atoms with Gasteiger partial charge < -0.3 is 10.3 Å². The summed E-state index contributed by atoms with van der Waals surface area (Å²) >= 11 is 1.96. The van der Waals surface area contributed by atoms with E-state index in [1.54, 1.807) is 6.07 Å². The van der Waals surface area contributed by atoms with Gasteiger partial charge in [0.05, 0.1) is 11.0 Å². The smallest absolute Gasteiger partial charge is 0.201 e. The van der Waals surface area contributed by atoms with Gasteiger partial charge in [-0.1, -0.05) is 19.3 Å². The van der Waals surface area contributed by atoms with Crippen molar-refractivity contribution in [2.75, 3.05) is 18.1 Å². The highest BCUT2D eigenvalue weighted by Crippen LogP contribution is 2.38. The Bertz CT molecular complexity index is 590. The van der Waals surface area contributed by atoms with Crippen molar-refractivity contribution in [3.05, 3.63) is 24.0 Å². The highest BCUT2D eigenvalue weighted by molar-refractivity contribution is 8.00. The molecule has 1 aromatic carbocycles. The molecule has 0 atom stereocenters. The maximum absolute atomic E-state index is 13.2. The molecule has 1 heterocycles. The number of thioether (sulfide) groups is 1. The molecular weight excluding hydrogens is 273 g/mol. The molecule has 108 valence electrons. The molecule has 20 heavy (non-hydrogen) atoms. The molecule has 2 N–H and O–H groups in total. The number of imidazole rings is 1. The molecule has 1 saturated carbocycles. The Morgan fingerprint density at radius 3 is 2.90 bits per heavy atom. The van der Waals surface area contributed by atoms with Gasteiger partial charge in [0.15, 0.2) is 0 Å². The van der Waals surface area contributed by atoms with Crippen LogP contribution in [0.15, 0.2) is 18.2 Å². The molecule has 0 radical (unpaired) electrons. The van der Waals surface area contributed by atoms with Crippen LogP contribution >= 0.6 is 11.8 Å². The Balaban J connectivity index is 1.72. The zero-order valence-electron chi connectivity index (χ0n) is 11.7. The van der Waals surface area contributed by atoms with Crippen molar-refractivity contribution in [1.82, 2.24) is 9.97 Å². The van der Waals surface area contributed by atoms with Crippen molar-refractivity contribution >= 4 is 28.7 Å². The molecule has 1 aliphatic rings. The predicted molar refractivity (Wildman–Crippen MR) is 83.9 cm³/mol. The minimum atomic E-state index is -0.236. The van der Waals surface area contributed by atoms with Crippen LogP contribution < -0.4 is 5.32 Å². The number of benzene rings is 1. The number of H-pyrrole nitrogens is 1. The van der Waals surface area contributed by atoms with Crippen molar-refractivity contribution in [1.29, 1.82) is 0 Å². The third-order valence-corrected chi connectivity index (χ3v) is 5.64. The molecule has 0 spiro atoms. The molecule has 5 heteroatoms. The van der Waals surface area contributed by atoms with Gasteiger partial charge in [0.25, 0.3) is 0 Å². The van der Waals surface area contributed by atoms with Crippen molar-refractivity contribution in [2.24, 2.45) is 0 Å². The minimum Gasteiger partial charge on any atom is -0.354 e. The number of halogens is 1. The summed E-state index contributed by atoms with van der Waals surface area (Å²) in [5.74, 6) is 0.505. The standard InChI is InChI=1S/C15H20FN3S/c1-20-15(7-3-2-4-8-15)10-17-14-18-12-6-5-11(16)9-13(12)19-14/h5-6,9H,2-4,7-8,10H2,1H3,(H2,17,18,19). The van der Waals surface area contributed by atoms with Crippen LogP contribution in [-0.2, 0) is 0 Å². The first-order valence-corrected chi connectivity index (χ1v) is 8.38. The molecule has 0 unspecified atom stereocenters. The van der Waals surface area contributed by atoms with Gasteiger partial charge in [0.2, 0.25) is 5.95 Å². The largest absolute Gasteiger partial charge is 0.354 e. The predicted octanol–water partition coefficient (Wildman–Crippen LogP) is 4.18. The second-order valence-corrected chi connectivity index (χ2v) is 6.82. The molecule has 1 aliphatic carbocycles.